The Hall–Kier alpha value is -2.82. The number of hydrogen-bond donors (Lipinski definition) is 1. The molecule has 0 saturated carbocycles. The molecule has 0 saturated heterocycles. The molecule has 0 atom stereocenters. The number of rotatable bonds is 8. The highest BCUT2D eigenvalue weighted by Crippen LogP contribution is 2.20. The minimum atomic E-state index is -0.415. The van der Waals surface area contributed by atoms with Crippen molar-refractivity contribution in [1.82, 2.24) is 14.9 Å². The van der Waals surface area contributed by atoms with Gasteiger partial charge in [-0.3, -0.25) is 4.79 Å². The molecule has 5 nitrogen and oxygen atoms in total. The second-order valence-electron chi connectivity index (χ2n) is 8.93. The van der Waals surface area contributed by atoms with Crippen LogP contribution < -0.4 is 10.1 Å². The maximum absolute atomic E-state index is 12.3. The van der Waals surface area contributed by atoms with Gasteiger partial charge in [0.05, 0.1) is 24.2 Å². The van der Waals surface area contributed by atoms with E-state index in [0.717, 1.165) is 47.6 Å². The average molecular weight is 408 g/mol. The molecule has 0 unspecified atom stereocenters. The standard InChI is InChI=1S/C25H33N3O2/c1-18-12-13-19(2)22(16-18)30-15-9-8-14-28-21-11-7-6-10-20(21)27-23(28)17-26-24(29)25(3,4)5/h6-7,10-13,16H,8-9,14-15,17H2,1-5H3,(H,26,29). The van der Waals surface area contributed by atoms with Crippen LogP contribution in [0.15, 0.2) is 42.5 Å². The summed E-state index contributed by atoms with van der Waals surface area (Å²) >= 11 is 0. The SMILES string of the molecule is Cc1ccc(C)c(OCCCCn2c(CNC(=O)C(C)(C)C)nc3ccccc32)c1. The molecule has 3 rings (SSSR count). The summed E-state index contributed by atoms with van der Waals surface area (Å²) in [6.07, 6.45) is 1.93. The Morgan fingerprint density at radius 2 is 1.87 bits per heavy atom. The number of imidazole rings is 1. The number of carbonyl (C=O) groups is 1. The lowest BCUT2D eigenvalue weighted by molar-refractivity contribution is -0.128. The number of nitrogens with zero attached hydrogens (tertiary/aromatic N) is 2. The second-order valence-corrected chi connectivity index (χ2v) is 8.93. The number of aromatic nitrogens is 2. The number of fused-ring (bicyclic) bond motifs is 1. The van der Waals surface area contributed by atoms with Crippen LogP contribution in [0, 0.1) is 19.3 Å². The number of unbranched alkanes of at least 4 members (excludes halogenated alkanes) is 1. The van der Waals surface area contributed by atoms with Crippen LogP contribution in [0.25, 0.3) is 11.0 Å². The fraction of sp³-hybridized carbons (Fsp3) is 0.440. The van der Waals surface area contributed by atoms with Gasteiger partial charge in [-0.25, -0.2) is 4.98 Å². The molecule has 5 heteroatoms. The van der Waals surface area contributed by atoms with Crippen LogP contribution in [0.5, 0.6) is 5.75 Å². The zero-order chi connectivity index (χ0) is 21.7. The van der Waals surface area contributed by atoms with Crippen molar-refractivity contribution >= 4 is 16.9 Å². The Labute approximate surface area is 179 Å². The van der Waals surface area contributed by atoms with Crippen molar-refractivity contribution in [3.63, 3.8) is 0 Å². The first-order chi connectivity index (χ1) is 14.3. The highest BCUT2D eigenvalue weighted by atomic mass is 16.5. The molecule has 30 heavy (non-hydrogen) atoms. The molecular formula is C25H33N3O2. The van der Waals surface area contributed by atoms with Crippen molar-refractivity contribution in [1.29, 1.82) is 0 Å². The third-order valence-corrected chi connectivity index (χ3v) is 5.20. The summed E-state index contributed by atoms with van der Waals surface area (Å²) < 4.78 is 8.21. The van der Waals surface area contributed by atoms with Gasteiger partial charge in [-0.05, 0) is 56.0 Å². The van der Waals surface area contributed by atoms with Gasteiger partial charge in [-0.15, -0.1) is 0 Å². The van der Waals surface area contributed by atoms with E-state index < -0.39 is 5.41 Å². The monoisotopic (exact) mass is 407 g/mol. The van der Waals surface area contributed by atoms with E-state index in [1.165, 1.54) is 5.56 Å². The summed E-state index contributed by atoms with van der Waals surface area (Å²) in [5.74, 6) is 1.89. The number of nitrogens with one attached hydrogen (secondary N) is 1. The lowest BCUT2D eigenvalue weighted by Crippen LogP contribution is -2.35. The maximum atomic E-state index is 12.3. The Bertz CT molecular complexity index is 1010. The molecule has 1 aromatic heterocycles. The molecule has 2 aromatic carbocycles. The molecule has 1 N–H and O–H groups in total. The first kappa shape index (κ1) is 21.9. The average Bonchev–Trinajstić information content (AvgIpc) is 3.05. The topological polar surface area (TPSA) is 56.1 Å². The fourth-order valence-corrected chi connectivity index (χ4v) is 3.35. The largest absolute Gasteiger partial charge is 0.493 e. The summed E-state index contributed by atoms with van der Waals surface area (Å²) in [7, 11) is 0. The van der Waals surface area contributed by atoms with Crippen LogP contribution in [-0.4, -0.2) is 22.1 Å². The maximum Gasteiger partial charge on any atom is 0.225 e. The van der Waals surface area contributed by atoms with Crippen LogP contribution in [-0.2, 0) is 17.9 Å². The van der Waals surface area contributed by atoms with Gasteiger partial charge in [0.15, 0.2) is 0 Å². The number of amides is 1. The first-order valence-corrected chi connectivity index (χ1v) is 10.7. The van der Waals surface area contributed by atoms with Crippen molar-refractivity contribution in [3.05, 3.63) is 59.4 Å². The minimum Gasteiger partial charge on any atom is -0.493 e. The highest BCUT2D eigenvalue weighted by molar-refractivity contribution is 5.81. The smallest absolute Gasteiger partial charge is 0.225 e. The van der Waals surface area contributed by atoms with Gasteiger partial charge in [-0.1, -0.05) is 45.0 Å². The molecule has 0 bridgehead atoms. The number of ether oxygens (including phenoxy) is 1. The van der Waals surface area contributed by atoms with Crippen molar-refractivity contribution in [2.75, 3.05) is 6.61 Å². The summed E-state index contributed by atoms with van der Waals surface area (Å²) in [5, 5.41) is 3.03. The van der Waals surface area contributed by atoms with Gasteiger partial charge in [0.25, 0.3) is 0 Å². The number of carbonyl (C=O) groups excluding carboxylic acids is 1. The lowest BCUT2D eigenvalue weighted by atomic mass is 9.96. The van der Waals surface area contributed by atoms with Crippen LogP contribution in [0.2, 0.25) is 0 Å². The summed E-state index contributed by atoms with van der Waals surface area (Å²) in [6.45, 7) is 11.9. The molecular weight excluding hydrogens is 374 g/mol. The van der Waals surface area contributed by atoms with E-state index in [1.54, 1.807) is 0 Å². The third-order valence-electron chi connectivity index (χ3n) is 5.20. The molecule has 3 aromatic rings. The molecule has 0 radical (unpaired) electrons. The normalized spacial score (nSPS) is 11.6. The third kappa shape index (κ3) is 5.41. The number of aryl methyl sites for hydroxylation is 3. The quantitative estimate of drug-likeness (QED) is 0.524. The Kier molecular flexibility index (Phi) is 6.80. The molecule has 0 aliphatic rings. The Balaban J connectivity index is 1.61. The number of para-hydroxylation sites is 2. The van der Waals surface area contributed by atoms with Crippen LogP contribution in [0.1, 0.15) is 50.6 Å². The molecule has 0 spiro atoms. The van der Waals surface area contributed by atoms with Gasteiger partial charge < -0.3 is 14.6 Å². The van der Waals surface area contributed by atoms with E-state index in [1.807, 2.05) is 39.0 Å². The molecule has 1 heterocycles. The van der Waals surface area contributed by atoms with Crippen molar-refractivity contribution < 1.29 is 9.53 Å². The summed E-state index contributed by atoms with van der Waals surface area (Å²) in [6, 6.07) is 14.4. The predicted octanol–water partition coefficient (Wildman–Crippen LogP) is 5.17. The van der Waals surface area contributed by atoms with Gasteiger partial charge in [0, 0.05) is 12.0 Å². The predicted molar refractivity (Wildman–Crippen MR) is 122 cm³/mol. The van der Waals surface area contributed by atoms with E-state index in [4.69, 9.17) is 9.72 Å². The summed E-state index contributed by atoms with van der Waals surface area (Å²) in [4.78, 5) is 17.0. The Morgan fingerprint density at radius 3 is 2.63 bits per heavy atom. The molecule has 160 valence electrons. The Morgan fingerprint density at radius 1 is 1.10 bits per heavy atom. The van der Waals surface area contributed by atoms with Crippen LogP contribution >= 0.6 is 0 Å². The van der Waals surface area contributed by atoms with Crippen LogP contribution in [0.3, 0.4) is 0 Å². The van der Waals surface area contributed by atoms with Gasteiger partial charge in [0.2, 0.25) is 5.91 Å². The van der Waals surface area contributed by atoms with E-state index in [2.05, 4.69) is 48.0 Å². The van der Waals surface area contributed by atoms with Crippen molar-refractivity contribution in [3.8, 4) is 5.75 Å². The zero-order valence-electron chi connectivity index (χ0n) is 18.8. The number of benzene rings is 2. The van der Waals surface area contributed by atoms with E-state index in [0.29, 0.717) is 13.2 Å². The lowest BCUT2D eigenvalue weighted by Gasteiger charge is -2.18. The zero-order valence-corrected chi connectivity index (χ0v) is 18.8. The van der Waals surface area contributed by atoms with Crippen molar-refractivity contribution in [2.24, 2.45) is 5.41 Å². The second kappa shape index (κ2) is 9.33. The minimum absolute atomic E-state index is 0.0306. The van der Waals surface area contributed by atoms with Gasteiger partial charge in [-0.2, -0.15) is 0 Å². The number of hydrogen-bond acceptors (Lipinski definition) is 3. The first-order valence-electron chi connectivity index (χ1n) is 10.7. The molecule has 1 amide bonds. The fourth-order valence-electron chi connectivity index (χ4n) is 3.35. The molecule has 0 aliphatic heterocycles. The summed E-state index contributed by atoms with van der Waals surface area (Å²) in [5.41, 5.74) is 4.03. The van der Waals surface area contributed by atoms with Crippen LogP contribution in [0.4, 0.5) is 0 Å². The van der Waals surface area contributed by atoms with E-state index in [9.17, 15) is 4.79 Å². The highest BCUT2D eigenvalue weighted by Gasteiger charge is 2.21. The van der Waals surface area contributed by atoms with E-state index >= 15 is 0 Å². The molecule has 0 aliphatic carbocycles. The van der Waals surface area contributed by atoms with E-state index in [-0.39, 0.29) is 5.91 Å². The van der Waals surface area contributed by atoms with Crippen molar-refractivity contribution in [2.45, 2.75) is 60.5 Å². The van der Waals surface area contributed by atoms with Gasteiger partial charge in [0.1, 0.15) is 11.6 Å². The van der Waals surface area contributed by atoms with Gasteiger partial charge >= 0.3 is 0 Å². The molecule has 0 fully saturated rings.